The van der Waals surface area contributed by atoms with E-state index in [0.29, 0.717) is 45.2 Å². The second-order valence-corrected chi connectivity index (χ2v) is 6.93. The number of nitrogens with two attached hydrogens (primary N) is 1. The van der Waals surface area contributed by atoms with E-state index in [-0.39, 0.29) is 11.8 Å². The number of hydrogen-bond donors (Lipinski definition) is 1. The van der Waals surface area contributed by atoms with Gasteiger partial charge in [-0.2, -0.15) is 0 Å². The van der Waals surface area contributed by atoms with Gasteiger partial charge in [-0.15, -0.1) is 0 Å². The number of benzene rings is 1. The Hall–Kier alpha value is -1.43. The summed E-state index contributed by atoms with van der Waals surface area (Å²) in [5, 5.41) is 0. The molecule has 148 valence electrons. The lowest BCUT2D eigenvalue weighted by molar-refractivity contribution is -0.161. The highest BCUT2D eigenvalue weighted by Gasteiger charge is 2.26. The summed E-state index contributed by atoms with van der Waals surface area (Å²) in [4.78, 5) is 15.0. The van der Waals surface area contributed by atoms with Gasteiger partial charge in [-0.1, -0.05) is 44.2 Å². The number of hydrogen-bond acceptors (Lipinski definition) is 4. The van der Waals surface area contributed by atoms with E-state index >= 15 is 0 Å². The van der Waals surface area contributed by atoms with Crippen LogP contribution in [0.3, 0.4) is 0 Å². The van der Waals surface area contributed by atoms with Crippen LogP contribution in [0.2, 0.25) is 0 Å². The van der Waals surface area contributed by atoms with E-state index in [1.54, 1.807) is 0 Å². The Bertz CT molecular complexity index is 487. The number of amides is 1. The fourth-order valence-corrected chi connectivity index (χ4v) is 2.84. The number of carbonyl (C=O) groups is 1. The van der Waals surface area contributed by atoms with Crippen molar-refractivity contribution in [1.29, 1.82) is 0 Å². The van der Waals surface area contributed by atoms with Crippen LogP contribution in [0.15, 0.2) is 30.3 Å². The zero-order valence-electron chi connectivity index (χ0n) is 16.8. The van der Waals surface area contributed by atoms with E-state index in [1.807, 2.05) is 49.1 Å². The lowest BCUT2D eigenvalue weighted by Gasteiger charge is -2.31. The summed E-state index contributed by atoms with van der Waals surface area (Å²) < 4.78 is 11.3. The molecule has 1 aromatic rings. The van der Waals surface area contributed by atoms with Gasteiger partial charge in [0.2, 0.25) is 5.91 Å². The third kappa shape index (κ3) is 8.30. The van der Waals surface area contributed by atoms with Crippen molar-refractivity contribution in [3.63, 3.8) is 0 Å². The predicted molar refractivity (Wildman–Crippen MR) is 106 cm³/mol. The van der Waals surface area contributed by atoms with Crippen LogP contribution in [0.1, 0.15) is 39.7 Å². The molecule has 0 saturated heterocycles. The Labute approximate surface area is 158 Å². The molecular weight excluding hydrogens is 328 g/mol. The first-order valence-corrected chi connectivity index (χ1v) is 9.77. The molecule has 0 fully saturated rings. The fraction of sp³-hybridized carbons (Fsp3) is 0.667. The third-order valence-electron chi connectivity index (χ3n) is 4.32. The molecule has 0 aliphatic rings. The Kier molecular flexibility index (Phi) is 11.2. The van der Waals surface area contributed by atoms with Gasteiger partial charge in [-0.3, -0.25) is 4.79 Å². The summed E-state index contributed by atoms with van der Waals surface area (Å²) in [5.41, 5.74) is 7.08. The summed E-state index contributed by atoms with van der Waals surface area (Å²) in [6, 6.07) is 10.0. The maximum absolute atomic E-state index is 13.2. The van der Waals surface area contributed by atoms with Gasteiger partial charge in [0.1, 0.15) is 0 Å². The summed E-state index contributed by atoms with van der Waals surface area (Å²) in [6.07, 6.45) is 1.21. The molecule has 0 unspecified atom stereocenters. The van der Waals surface area contributed by atoms with E-state index in [1.165, 1.54) is 0 Å². The maximum atomic E-state index is 13.2. The molecule has 2 N–H and O–H groups in total. The maximum Gasteiger partial charge on any atom is 0.227 e. The second kappa shape index (κ2) is 12.8. The molecule has 1 atom stereocenters. The van der Waals surface area contributed by atoms with Crippen molar-refractivity contribution in [2.24, 2.45) is 17.6 Å². The highest BCUT2D eigenvalue weighted by atomic mass is 16.7. The van der Waals surface area contributed by atoms with Gasteiger partial charge in [0, 0.05) is 26.3 Å². The second-order valence-electron chi connectivity index (χ2n) is 6.93. The normalized spacial score (nSPS) is 12.6. The molecule has 1 rings (SSSR count). The van der Waals surface area contributed by atoms with E-state index < -0.39 is 6.29 Å². The lowest BCUT2D eigenvalue weighted by Crippen LogP contribution is -2.45. The summed E-state index contributed by atoms with van der Waals surface area (Å²) in [6.45, 7) is 10.8. The average Bonchev–Trinajstić information content (AvgIpc) is 2.63. The Balaban J connectivity index is 2.85. The molecule has 0 heterocycles. The minimum Gasteiger partial charge on any atom is -0.351 e. The Morgan fingerprint density at radius 3 is 2.23 bits per heavy atom. The predicted octanol–water partition coefficient (Wildman–Crippen LogP) is 3.08. The van der Waals surface area contributed by atoms with Crippen LogP contribution in [0.25, 0.3) is 0 Å². The first-order valence-electron chi connectivity index (χ1n) is 9.77. The number of nitrogens with zero attached hydrogens (tertiary/aromatic N) is 1. The van der Waals surface area contributed by atoms with Crippen LogP contribution in [-0.2, 0) is 20.7 Å². The van der Waals surface area contributed by atoms with Crippen molar-refractivity contribution in [3.05, 3.63) is 35.9 Å². The number of carbonyl (C=O) groups excluding carboxylic acids is 1. The highest BCUT2D eigenvalue weighted by Crippen LogP contribution is 2.14. The van der Waals surface area contributed by atoms with Crippen LogP contribution in [0, 0.1) is 11.8 Å². The largest absolute Gasteiger partial charge is 0.351 e. The molecule has 0 spiro atoms. The zero-order chi connectivity index (χ0) is 19.4. The lowest BCUT2D eigenvalue weighted by atomic mass is 9.97. The topological polar surface area (TPSA) is 64.8 Å². The van der Waals surface area contributed by atoms with Gasteiger partial charge in [0.25, 0.3) is 0 Å². The number of rotatable bonds is 13. The van der Waals surface area contributed by atoms with Crippen molar-refractivity contribution >= 4 is 5.91 Å². The van der Waals surface area contributed by atoms with E-state index in [9.17, 15) is 4.79 Å². The van der Waals surface area contributed by atoms with Crippen LogP contribution >= 0.6 is 0 Å². The van der Waals surface area contributed by atoms with E-state index in [4.69, 9.17) is 15.2 Å². The summed E-state index contributed by atoms with van der Waals surface area (Å²) in [7, 11) is 0. The molecule has 5 heteroatoms. The van der Waals surface area contributed by atoms with Gasteiger partial charge in [0.15, 0.2) is 6.29 Å². The van der Waals surface area contributed by atoms with Gasteiger partial charge in [0.05, 0.1) is 12.5 Å². The zero-order valence-corrected chi connectivity index (χ0v) is 16.8. The van der Waals surface area contributed by atoms with Crippen LogP contribution in [0.4, 0.5) is 0 Å². The molecule has 0 radical (unpaired) electrons. The van der Waals surface area contributed by atoms with E-state index in [0.717, 1.165) is 12.0 Å². The quantitative estimate of drug-likeness (QED) is 0.546. The molecule has 26 heavy (non-hydrogen) atoms. The molecular formula is C21H36N2O3. The Morgan fingerprint density at radius 2 is 1.73 bits per heavy atom. The minimum atomic E-state index is -0.392. The van der Waals surface area contributed by atoms with Crippen molar-refractivity contribution in [1.82, 2.24) is 4.90 Å². The van der Waals surface area contributed by atoms with Gasteiger partial charge < -0.3 is 20.1 Å². The highest BCUT2D eigenvalue weighted by molar-refractivity contribution is 5.79. The van der Waals surface area contributed by atoms with Gasteiger partial charge >= 0.3 is 0 Å². The fourth-order valence-electron chi connectivity index (χ4n) is 2.84. The molecule has 0 aliphatic heterocycles. The monoisotopic (exact) mass is 364 g/mol. The molecule has 0 saturated carbocycles. The molecule has 0 aromatic heterocycles. The summed E-state index contributed by atoms with van der Waals surface area (Å²) in [5.74, 6) is 0.378. The minimum absolute atomic E-state index is 0.0846. The van der Waals surface area contributed by atoms with Crippen molar-refractivity contribution < 1.29 is 14.3 Å². The van der Waals surface area contributed by atoms with Crippen LogP contribution in [-0.4, -0.2) is 49.9 Å². The smallest absolute Gasteiger partial charge is 0.227 e. The Morgan fingerprint density at radius 1 is 1.12 bits per heavy atom. The summed E-state index contributed by atoms with van der Waals surface area (Å²) >= 11 is 0. The first-order chi connectivity index (χ1) is 12.5. The van der Waals surface area contributed by atoms with Crippen LogP contribution in [0.5, 0.6) is 0 Å². The number of ether oxygens (including phenoxy) is 2. The van der Waals surface area contributed by atoms with Crippen molar-refractivity contribution in [2.75, 3.05) is 32.8 Å². The molecule has 0 aliphatic carbocycles. The SMILES string of the molecule is CCOC(CN(CCC(C)C)C(=O)[C@@H](CN)Cc1ccccc1)OCC. The van der Waals surface area contributed by atoms with Gasteiger partial charge in [-0.05, 0) is 38.2 Å². The van der Waals surface area contributed by atoms with Crippen LogP contribution < -0.4 is 5.73 Å². The van der Waals surface area contributed by atoms with Gasteiger partial charge in [-0.25, -0.2) is 0 Å². The molecule has 5 nitrogen and oxygen atoms in total. The molecule has 0 bridgehead atoms. The third-order valence-corrected chi connectivity index (χ3v) is 4.32. The van der Waals surface area contributed by atoms with Crippen molar-refractivity contribution in [3.8, 4) is 0 Å². The average molecular weight is 365 g/mol. The molecule has 1 amide bonds. The standard InChI is InChI=1S/C21H36N2O3/c1-5-25-20(26-6-2)16-23(13-12-17(3)4)21(24)19(15-22)14-18-10-8-7-9-11-18/h7-11,17,19-20H,5-6,12-16,22H2,1-4H3/t19-/m1/s1. The molecule has 1 aromatic carbocycles. The van der Waals surface area contributed by atoms with E-state index in [2.05, 4.69) is 13.8 Å². The first kappa shape index (κ1) is 22.6. The van der Waals surface area contributed by atoms with Crippen molar-refractivity contribution in [2.45, 2.75) is 46.8 Å².